The molecule has 31 heavy (non-hydrogen) atoms. The van der Waals surface area contributed by atoms with Crippen LogP contribution < -0.4 is 14.8 Å². The molecule has 1 saturated heterocycles. The number of aliphatic imine (C=N–C) groups is 1. The van der Waals surface area contributed by atoms with E-state index in [0.29, 0.717) is 5.92 Å². The van der Waals surface area contributed by atoms with Gasteiger partial charge in [0.05, 0.1) is 14.2 Å². The molecule has 1 aliphatic rings. The molecule has 1 heterocycles. The van der Waals surface area contributed by atoms with E-state index in [1.54, 1.807) is 14.2 Å². The van der Waals surface area contributed by atoms with Gasteiger partial charge in [0.1, 0.15) is 0 Å². The fourth-order valence-electron chi connectivity index (χ4n) is 3.51. The molecule has 0 aliphatic carbocycles. The molecule has 0 unspecified atom stereocenters. The lowest BCUT2D eigenvalue weighted by Crippen LogP contribution is -2.38. The minimum absolute atomic E-state index is 0. The number of rotatable bonds is 11. The Balaban J connectivity index is 0.00000480. The number of hydrogen-bond donors (Lipinski definition) is 1. The van der Waals surface area contributed by atoms with Crippen molar-refractivity contribution in [3.05, 3.63) is 23.3 Å². The van der Waals surface area contributed by atoms with E-state index in [0.717, 1.165) is 88.3 Å². The maximum atomic E-state index is 5.85. The Hall–Kier alpha value is -1.26. The van der Waals surface area contributed by atoms with E-state index in [1.807, 2.05) is 12.1 Å². The van der Waals surface area contributed by atoms with Crippen LogP contribution in [0.5, 0.6) is 11.5 Å². The van der Waals surface area contributed by atoms with Crippen LogP contribution in [0.2, 0.25) is 0 Å². The number of halogens is 1. The van der Waals surface area contributed by atoms with Crippen molar-refractivity contribution in [3.8, 4) is 11.5 Å². The van der Waals surface area contributed by atoms with Crippen molar-refractivity contribution in [1.29, 1.82) is 0 Å². The zero-order valence-corrected chi connectivity index (χ0v) is 22.1. The molecule has 178 valence electrons. The zero-order chi connectivity index (χ0) is 21.8. The van der Waals surface area contributed by atoms with Gasteiger partial charge in [-0.1, -0.05) is 0 Å². The van der Waals surface area contributed by atoms with Crippen LogP contribution in [-0.4, -0.2) is 71.6 Å². The summed E-state index contributed by atoms with van der Waals surface area (Å²) in [7, 11) is 5.38. The van der Waals surface area contributed by atoms with Crippen molar-refractivity contribution in [2.75, 3.05) is 60.8 Å². The van der Waals surface area contributed by atoms with E-state index < -0.39 is 0 Å². The first-order valence-corrected chi connectivity index (χ1v) is 10.9. The van der Waals surface area contributed by atoms with Gasteiger partial charge in [0.15, 0.2) is 17.5 Å². The number of ether oxygens (including phenoxy) is 4. The van der Waals surface area contributed by atoms with Crippen LogP contribution in [0.15, 0.2) is 17.1 Å². The lowest BCUT2D eigenvalue weighted by atomic mass is 10.0. The summed E-state index contributed by atoms with van der Waals surface area (Å²) >= 11 is 0. The van der Waals surface area contributed by atoms with Crippen LogP contribution in [0, 0.1) is 12.8 Å². The molecule has 0 spiro atoms. The molecule has 1 N–H and O–H groups in total. The minimum Gasteiger partial charge on any atom is -0.493 e. The summed E-state index contributed by atoms with van der Waals surface area (Å²) in [5.41, 5.74) is 2.34. The molecular formula is C23H40IN3O4. The SMILES string of the molecule is CCNC(=NCCCOCC1CCOCC1)N(C)Cc1cc(OC)c(OC)cc1C.I. The largest absolute Gasteiger partial charge is 0.493 e. The first kappa shape index (κ1) is 27.8. The minimum atomic E-state index is 0. The summed E-state index contributed by atoms with van der Waals surface area (Å²) in [5.74, 6) is 3.05. The smallest absolute Gasteiger partial charge is 0.193 e. The Bertz CT molecular complexity index is 666. The molecule has 8 heteroatoms. The van der Waals surface area contributed by atoms with Gasteiger partial charge in [-0.05, 0) is 62.3 Å². The Labute approximate surface area is 204 Å². The molecular weight excluding hydrogens is 509 g/mol. The van der Waals surface area contributed by atoms with Crippen LogP contribution in [0.25, 0.3) is 0 Å². The summed E-state index contributed by atoms with van der Waals surface area (Å²) in [5, 5.41) is 3.38. The maximum Gasteiger partial charge on any atom is 0.193 e. The van der Waals surface area contributed by atoms with E-state index in [-0.39, 0.29) is 24.0 Å². The Kier molecular flexibility index (Phi) is 13.9. The van der Waals surface area contributed by atoms with Crippen molar-refractivity contribution in [1.82, 2.24) is 10.2 Å². The molecule has 1 aliphatic heterocycles. The van der Waals surface area contributed by atoms with Crippen molar-refractivity contribution in [2.24, 2.45) is 10.9 Å². The van der Waals surface area contributed by atoms with Crippen LogP contribution in [-0.2, 0) is 16.0 Å². The fourth-order valence-corrected chi connectivity index (χ4v) is 3.51. The van der Waals surface area contributed by atoms with Crippen molar-refractivity contribution in [2.45, 2.75) is 39.7 Å². The van der Waals surface area contributed by atoms with Crippen molar-refractivity contribution < 1.29 is 18.9 Å². The first-order chi connectivity index (χ1) is 14.6. The second-order valence-corrected chi connectivity index (χ2v) is 7.71. The molecule has 7 nitrogen and oxygen atoms in total. The highest BCUT2D eigenvalue weighted by Crippen LogP contribution is 2.30. The predicted molar refractivity (Wildman–Crippen MR) is 136 cm³/mol. The lowest BCUT2D eigenvalue weighted by Gasteiger charge is -2.24. The first-order valence-electron chi connectivity index (χ1n) is 10.9. The number of benzene rings is 1. The summed E-state index contributed by atoms with van der Waals surface area (Å²) in [4.78, 5) is 6.91. The molecule has 0 atom stereocenters. The average Bonchev–Trinajstić information content (AvgIpc) is 2.77. The number of nitrogens with zero attached hydrogens (tertiary/aromatic N) is 2. The molecule has 2 rings (SSSR count). The van der Waals surface area contributed by atoms with Gasteiger partial charge in [0.2, 0.25) is 0 Å². The van der Waals surface area contributed by atoms with Gasteiger partial charge in [-0.25, -0.2) is 0 Å². The van der Waals surface area contributed by atoms with Crippen LogP contribution in [0.1, 0.15) is 37.3 Å². The predicted octanol–water partition coefficient (Wildman–Crippen LogP) is 3.86. The number of hydrogen-bond acceptors (Lipinski definition) is 5. The number of guanidine groups is 1. The normalized spacial score (nSPS) is 14.7. The Morgan fingerprint density at radius 2 is 1.87 bits per heavy atom. The lowest BCUT2D eigenvalue weighted by molar-refractivity contribution is 0.0205. The highest BCUT2D eigenvalue weighted by atomic mass is 127. The van der Waals surface area contributed by atoms with Gasteiger partial charge in [-0.3, -0.25) is 4.99 Å². The van der Waals surface area contributed by atoms with Gasteiger partial charge >= 0.3 is 0 Å². The van der Waals surface area contributed by atoms with Gasteiger partial charge < -0.3 is 29.2 Å². The second kappa shape index (κ2) is 15.5. The molecule has 0 radical (unpaired) electrons. The van der Waals surface area contributed by atoms with Gasteiger partial charge in [-0.15, -0.1) is 24.0 Å². The monoisotopic (exact) mass is 549 g/mol. The van der Waals surface area contributed by atoms with Crippen LogP contribution in [0.3, 0.4) is 0 Å². The molecule has 0 bridgehead atoms. The van der Waals surface area contributed by atoms with E-state index in [9.17, 15) is 0 Å². The zero-order valence-electron chi connectivity index (χ0n) is 19.7. The summed E-state index contributed by atoms with van der Waals surface area (Å²) in [6, 6.07) is 4.06. The molecule has 0 saturated carbocycles. The van der Waals surface area contributed by atoms with E-state index in [1.165, 1.54) is 5.56 Å². The summed E-state index contributed by atoms with van der Waals surface area (Å²) in [6.07, 6.45) is 3.15. The van der Waals surface area contributed by atoms with Crippen LogP contribution in [0.4, 0.5) is 0 Å². The Morgan fingerprint density at radius 1 is 1.19 bits per heavy atom. The number of nitrogens with one attached hydrogen (secondary N) is 1. The third kappa shape index (κ3) is 9.41. The maximum absolute atomic E-state index is 5.85. The van der Waals surface area contributed by atoms with Crippen molar-refractivity contribution >= 4 is 29.9 Å². The summed E-state index contributed by atoms with van der Waals surface area (Å²) < 4.78 is 22.1. The molecule has 0 amide bonds. The third-order valence-corrected chi connectivity index (χ3v) is 5.35. The molecule has 1 fully saturated rings. The second-order valence-electron chi connectivity index (χ2n) is 7.71. The third-order valence-electron chi connectivity index (χ3n) is 5.35. The average molecular weight is 549 g/mol. The summed E-state index contributed by atoms with van der Waals surface area (Å²) in [6.45, 7) is 9.81. The van der Waals surface area contributed by atoms with Gasteiger partial charge in [-0.2, -0.15) is 0 Å². The molecule has 0 aromatic heterocycles. The molecule has 1 aromatic rings. The van der Waals surface area contributed by atoms with E-state index in [4.69, 9.17) is 23.9 Å². The fraction of sp³-hybridized carbons (Fsp3) is 0.696. The topological polar surface area (TPSA) is 64.6 Å². The van der Waals surface area contributed by atoms with Gasteiger partial charge in [0, 0.05) is 53.1 Å². The standard InChI is InChI=1S/C23H39N3O4.HI/c1-6-24-23(25-10-7-11-30-17-19-8-12-29-13-9-19)26(3)16-20-15-22(28-5)21(27-4)14-18(20)2;/h14-15,19H,6-13,16-17H2,1-5H3,(H,24,25);1H. The highest BCUT2D eigenvalue weighted by Gasteiger charge is 2.14. The van der Waals surface area contributed by atoms with E-state index in [2.05, 4.69) is 31.1 Å². The van der Waals surface area contributed by atoms with Gasteiger partial charge in [0.25, 0.3) is 0 Å². The number of methoxy groups -OCH3 is 2. The Morgan fingerprint density at radius 3 is 2.52 bits per heavy atom. The highest BCUT2D eigenvalue weighted by molar-refractivity contribution is 14.0. The quantitative estimate of drug-likeness (QED) is 0.196. The molecule has 1 aromatic carbocycles. The van der Waals surface area contributed by atoms with Crippen molar-refractivity contribution in [3.63, 3.8) is 0 Å². The van der Waals surface area contributed by atoms with E-state index >= 15 is 0 Å². The van der Waals surface area contributed by atoms with Crippen LogP contribution >= 0.6 is 24.0 Å². The number of aryl methyl sites for hydroxylation is 1.